The monoisotopic (exact) mass is 301 g/mol. The fraction of sp³-hybridized carbons (Fsp3) is 0.227. The Kier molecular flexibility index (Phi) is 5.21. The zero-order valence-corrected chi connectivity index (χ0v) is 13.7. The van der Waals surface area contributed by atoms with Gasteiger partial charge in [0.25, 0.3) is 0 Å². The Morgan fingerprint density at radius 1 is 0.739 bits per heavy atom. The molecule has 0 unspecified atom stereocenters. The summed E-state index contributed by atoms with van der Waals surface area (Å²) in [5.41, 5.74) is 6.03. The van der Waals surface area contributed by atoms with Gasteiger partial charge in [-0.25, -0.2) is 0 Å². The molecule has 0 aliphatic heterocycles. The molecule has 0 aliphatic rings. The molecule has 0 spiro atoms. The second kappa shape index (κ2) is 7.73. The lowest BCUT2D eigenvalue weighted by Gasteiger charge is -2.06. The lowest BCUT2D eigenvalue weighted by atomic mass is 10.0. The number of aryl methyl sites for hydroxylation is 1. The highest BCUT2D eigenvalue weighted by Gasteiger charge is 2.03. The first-order chi connectivity index (χ1) is 11.4. The Hall–Kier alpha value is -2.41. The highest BCUT2D eigenvalue weighted by molar-refractivity contribution is 5.71. The van der Waals surface area contributed by atoms with E-state index < -0.39 is 0 Å². The van der Waals surface area contributed by atoms with Crippen LogP contribution in [0, 0.1) is 0 Å². The minimum Gasteiger partial charge on any atom is -0.256 e. The van der Waals surface area contributed by atoms with Gasteiger partial charge in [0.2, 0.25) is 0 Å². The molecule has 23 heavy (non-hydrogen) atoms. The average Bonchev–Trinajstić information content (AvgIpc) is 2.63. The maximum atomic E-state index is 4.66. The third-order valence-corrected chi connectivity index (χ3v) is 4.16. The van der Waals surface area contributed by atoms with E-state index in [0.717, 1.165) is 12.1 Å². The first-order valence-corrected chi connectivity index (χ1v) is 8.47. The molecule has 0 saturated carbocycles. The first-order valence-electron chi connectivity index (χ1n) is 8.47. The van der Waals surface area contributed by atoms with Crippen molar-refractivity contribution in [2.75, 3.05) is 0 Å². The summed E-state index contributed by atoms with van der Waals surface area (Å²) < 4.78 is 0. The van der Waals surface area contributed by atoms with Gasteiger partial charge in [0.15, 0.2) is 0 Å². The molecule has 3 aromatic rings. The van der Waals surface area contributed by atoms with Crippen LogP contribution in [0.25, 0.3) is 22.4 Å². The quantitative estimate of drug-likeness (QED) is 0.498. The van der Waals surface area contributed by atoms with Crippen molar-refractivity contribution >= 4 is 0 Å². The zero-order chi connectivity index (χ0) is 15.9. The van der Waals surface area contributed by atoms with Crippen molar-refractivity contribution in [3.8, 4) is 22.4 Å². The molecule has 1 nitrogen and oxygen atoms in total. The molecular weight excluding hydrogens is 278 g/mol. The molecule has 0 amide bonds. The molecule has 0 N–H and O–H groups in total. The van der Waals surface area contributed by atoms with Crippen molar-refractivity contribution < 1.29 is 0 Å². The van der Waals surface area contributed by atoms with Crippen molar-refractivity contribution in [3.05, 3.63) is 78.5 Å². The maximum Gasteiger partial charge on any atom is 0.0702 e. The number of unbranched alkanes of at least 4 members (excludes halogenated alkanes) is 2. The number of hydrogen-bond acceptors (Lipinski definition) is 1. The average molecular weight is 301 g/mol. The predicted octanol–water partition coefficient (Wildman–Crippen LogP) is 6.15. The lowest BCUT2D eigenvalue weighted by Crippen LogP contribution is -1.89. The van der Waals surface area contributed by atoms with E-state index in [2.05, 4.69) is 72.6 Å². The molecule has 3 rings (SSSR count). The Balaban J connectivity index is 1.79. The number of aromatic nitrogens is 1. The zero-order valence-electron chi connectivity index (χ0n) is 13.7. The lowest BCUT2D eigenvalue weighted by molar-refractivity contribution is 0.716. The van der Waals surface area contributed by atoms with E-state index in [4.69, 9.17) is 0 Å². The summed E-state index contributed by atoms with van der Waals surface area (Å²) in [6, 6.07) is 23.4. The van der Waals surface area contributed by atoms with Crippen molar-refractivity contribution in [3.63, 3.8) is 0 Å². The number of rotatable bonds is 6. The van der Waals surface area contributed by atoms with Crippen molar-refractivity contribution in [1.29, 1.82) is 0 Å². The predicted molar refractivity (Wildman–Crippen MR) is 98.3 cm³/mol. The van der Waals surface area contributed by atoms with Gasteiger partial charge in [0.05, 0.1) is 5.69 Å². The van der Waals surface area contributed by atoms with E-state index in [1.165, 1.54) is 41.5 Å². The Labute approximate surface area is 139 Å². The SMILES string of the molecule is CCCCCc1ccc(-c2cccc(-c3ccccc3)c2)nc1. The molecule has 0 aliphatic carbocycles. The number of hydrogen-bond donors (Lipinski definition) is 0. The van der Waals surface area contributed by atoms with Crippen molar-refractivity contribution in [2.45, 2.75) is 32.6 Å². The minimum atomic E-state index is 1.04. The van der Waals surface area contributed by atoms with Gasteiger partial charge in [-0.3, -0.25) is 4.98 Å². The molecule has 1 heteroatoms. The molecule has 116 valence electrons. The maximum absolute atomic E-state index is 4.66. The Bertz CT molecular complexity index is 729. The van der Waals surface area contributed by atoms with E-state index in [-0.39, 0.29) is 0 Å². The third kappa shape index (κ3) is 4.07. The summed E-state index contributed by atoms with van der Waals surface area (Å²) in [7, 11) is 0. The van der Waals surface area contributed by atoms with Gasteiger partial charge >= 0.3 is 0 Å². The third-order valence-electron chi connectivity index (χ3n) is 4.16. The van der Waals surface area contributed by atoms with Gasteiger partial charge in [-0.1, -0.05) is 74.4 Å². The van der Waals surface area contributed by atoms with Gasteiger partial charge in [-0.15, -0.1) is 0 Å². The molecule has 2 aromatic carbocycles. The summed E-state index contributed by atoms with van der Waals surface area (Å²) in [6.45, 7) is 2.24. The number of pyridine rings is 1. The largest absolute Gasteiger partial charge is 0.256 e. The topological polar surface area (TPSA) is 12.9 Å². The van der Waals surface area contributed by atoms with E-state index in [0.29, 0.717) is 0 Å². The summed E-state index contributed by atoms with van der Waals surface area (Å²) >= 11 is 0. The molecule has 0 radical (unpaired) electrons. The number of benzene rings is 2. The fourth-order valence-corrected chi connectivity index (χ4v) is 2.81. The van der Waals surface area contributed by atoms with Gasteiger partial charge in [-0.05, 0) is 41.7 Å². The smallest absolute Gasteiger partial charge is 0.0702 e. The standard InChI is InChI=1S/C22H23N/c1-2-3-5-9-18-14-15-22(23-17-18)21-13-8-12-20(16-21)19-10-6-4-7-11-19/h4,6-8,10-17H,2-3,5,9H2,1H3. The van der Waals surface area contributed by atoms with E-state index in [1.807, 2.05) is 12.3 Å². The Morgan fingerprint density at radius 2 is 1.52 bits per heavy atom. The second-order valence-corrected chi connectivity index (χ2v) is 5.96. The van der Waals surface area contributed by atoms with Crippen LogP contribution in [0.4, 0.5) is 0 Å². The van der Waals surface area contributed by atoms with Crippen LogP contribution in [-0.4, -0.2) is 4.98 Å². The van der Waals surface area contributed by atoms with Gasteiger partial charge in [-0.2, -0.15) is 0 Å². The van der Waals surface area contributed by atoms with Crippen LogP contribution in [0.5, 0.6) is 0 Å². The minimum absolute atomic E-state index is 1.04. The molecule has 0 saturated heterocycles. The van der Waals surface area contributed by atoms with E-state index in [1.54, 1.807) is 0 Å². The van der Waals surface area contributed by atoms with Crippen molar-refractivity contribution in [2.24, 2.45) is 0 Å². The van der Waals surface area contributed by atoms with Crippen LogP contribution >= 0.6 is 0 Å². The normalized spacial score (nSPS) is 10.7. The van der Waals surface area contributed by atoms with Gasteiger partial charge in [0, 0.05) is 11.8 Å². The molecule has 0 bridgehead atoms. The van der Waals surface area contributed by atoms with E-state index >= 15 is 0 Å². The van der Waals surface area contributed by atoms with Gasteiger partial charge < -0.3 is 0 Å². The summed E-state index contributed by atoms with van der Waals surface area (Å²) in [6.07, 6.45) is 6.96. The van der Waals surface area contributed by atoms with Crippen LogP contribution < -0.4 is 0 Å². The molecule has 0 fully saturated rings. The summed E-state index contributed by atoms with van der Waals surface area (Å²) in [5.74, 6) is 0. The highest BCUT2D eigenvalue weighted by Crippen LogP contribution is 2.25. The second-order valence-electron chi connectivity index (χ2n) is 5.96. The van der Waals surface area contributed by atoms with Crippen molar-refractivity contribution in [1.82, 2.24) is 4.98 Å². The van der Waals surface area contributed by atoms with Gasteiger partial charge in [0.1, 0.15) is 0 Å². The van der Waals surface area contributed by atoms with Crippen LogP contribution in [-0.2, 0) is 6.42 Å². The molecule has 1 heterocycles. The fourth-order valence-electron chi connectivity index (χ4n) is 2.81. The highest BCUT2D eigenvalue weighted by atomic mass is 14.7. The van der Waals surface area contributed by atoms with Crippen LogP contribution in [0.3, 0.4) is 0 Å². The summed E-state index contributed by atoms with van der Waals surface area (Å²) in [5, 5.41) is 0. The first kappa shape index (κ1) is 15.5. The van der Waals surface area contributed by atoms with E-state index in [9.17, 15) is 0 Å². The number of nitrogens with zero attached hydrogens (tertiary/aromatic N) is 1. The molecule has 0 atom stereocenters. The van der Waals surface area contributed by atoms with Crippen LogP contribution in [0.15, 0.2) is 72.9 Å². The molecular formula is C22H23N. The van der Waals surface area contributed by atoms with Crippen LogP contribution in [0.1, 0.15) is 31.7 Å². The molecule has 1 aromatic heterocycles. The Morgan fingerprint density at radius 3 is 2.26 bits per heavy atom. The summed E-state index contributed by atoms with van der Waals surface area (Å²) in [4.78, 5) is 4.66. The van der Waals surface area contributed by atoms with Crippen LogP contribution in [0.2, 0.25) is 0 Å².